The van der Waals surface area contributed by atoms with Crippen LogP contribution in [0.1, 0.15) is 72.8 Å². The molecule has 0 aliphatic rings. The standard InChI is InChI=1S/C31H45N5O8/c1-7-8-13-32-26(38)16-24(29(41)42)34-28(40)23(15-20-17-36(18-37)25-12-10-9-11-21(20)25)33-27(39)22(14-19(2)3)35-30(43)44-31(4,5)6/h9-12,17-19,22-24H,7-8,13-16H2,1-6H3,(H,32,38)(H,33,39)(H,34,40)(H,35,43)(H,41,42). The molecule has 0 bridgehead atoms. The Morgan fingerprint density at radius 1 is 0.977 bits per heavy atom. The maximum atomic E-state index is 13.6. The SMILES string of the molecule is CCCCNC(=O)CC(NC(=O)C(Cc1cn(C=O)c2ccccc12)NC(=O)C(CC(C)C)NC(=O)OC(C)(C)C)C(=O)O. The molecule has 0 saturated heterocycles. The maximum absolute atomic E-state index is 13.6. The summed E-state index contributed by atoms with van der Waals surface area (Å²) >= 11 is 0. The molecule has 0 saturated carbocycles. The Bertz CT molecular complexity index is 1330. The lowest BCUT2D eigenvalue weighted by molar-refractivity contribution is -0.144. The molecule has 1 heterocycles. The number of aliphatic carboxylic acids is 1. The monoisotopic (exact) mass is 615 g/mol. The van der Waals surface area contributed by atoms with Gasteiger partial charge in [-0.25, -0.2) is 9.59 Å². The molecule has 3 unspecified atom stereocenters. The number of hydrogen-bond acceptors (Lipinski definition) is 7. The lowest BCUT2D eigenvalue weighted by Crippen LogP contribution is -2.57. The zero-order valence-corrected chi connectivity index (χ0v) is 26.3. The third-order valence-corrected chi connectivity index (χ3v) is 6.56. The van der Waals surface area contributed by atoms with Crippen molar-refractivity contribution in [2.75, 3.05) is 6.54 Å². The normalized spacial score (nSPS) is 13.4. The second-order valence-electron chi connectivity index (χ2n) is 12.1. The second kappa shape index (κ2) is 16.4. The van der Waals surface area contributed by atoms with E-state index in [1.165, 1.54) is 10.8 Å². The van der Waals surface area contributed by atoms with Crippen LogP contribution in [0, 0.1) is 5.92 Å². The van der Waals surface area contributed by atoms with Gasteiger partial charge in [0.15, 0.2) is 0 Å². The van der Waals surface area contributed by atoms with Crippen molar-refractivity contribution in [2.45, 2.75) is 97.4 Å². The number of nitrogens with zero attached hydrogens (tertiary/aromatic N) is 1. The van der Waals surface area contributed by atoms with Gasteiger partial charge in [0.1, 0.15) is 23.7 Å². The van der Waals surface area contributed by atoms with Crippen LogP contribution in [0.5, 0.6) is 0 Å². The van der Waals surface area contributed by atoms with E-state index in [0.29, 0.717) is 35.8 Å². The summed E-state index contributed by atoms with van der Waals surface area (Å²) in [5.74, 6) is -3.53. The van der Waals surface area contributed by atoms with Gasteiger partial charge in [0.2, 0.25) is 24.1 Å². The highest BCUT2D eigenvalue weighted by molar-refractivity contribution is 5.95. The highest BCUT2D eigenvalue weighted by Crippen LogP contribution is 2.22. The number of unbranched alkanes of at least 4 members (excludes halogenated alkanes) is 1. The molecule has 1 aromatic heterocycles. The van der Waals surface area contributed by atoms with E-state index in [0.717, 1.165) is 6.42 Å². The number of carboxylic acids is 1. The average Bonchev–Trinajstić information content (AvgIpc) is 3.28. The number of aromatic nitrogens is 1. The quantitative estimate of drug-likeness (QED) is 0.141. The molecule has 2 aromatic rings. The molecule has 0 spiro atoms. The first-order valence-corrected chi connectivity index (χ1v) is 14.8. The molecule has 44 heavy (non-hydrogen) atoms. The molecule has 4 amide bonds. The van der Waals surface area contributed by atoms with Crippen LogP contribution in [0.4, 0.5) is 4.79 Å². The van der Waals surface area contributed by atoms with Crippen molar-refractivity contribution in [3.8, 4) is 0 Å². The first kappa shape index (κ1) is 35.8. The number of alkyl carbamates (subject to hydrolysis) is 1. The maximum Gasteiger partial charge on any atom is 0.408 e. The molecular weight excluding hydrogens is 570 g/mol. The summed E-state index contributed by atoms with van der Waals surface area (Å²) in [7, 11) is 0. The molecular formula is C31H45N5O8. The topological polar surface area (TPSA) is 185 Å². The minimum atomic E-state index is -1.56. The van der Waals surface area contributed by atoms with Gasteiger partial charge in [-0.3, -0.25) is 23.7 Å². The summed E-state index contributed by atoms with van der Waals surface area (Å²) in [6, 6.07) is 3.03. The molecule has 2 rings (SSSR count). The van der Waals surface area contributed by atoms with Crippen LogP contribution in [0.2, 0.25) is 0 Å². The Balaban J connectivity index is 2.39. The first-order chi connectivity index (χ1) is 20.6. The van der Waals surface area contributed by atoms with Crippen LogP contribution >= 0.6 is 0 Å². The number of fused-ring (bicyclic) bond motifs is 1. The Kier molecular flexibility index (Phi) is 13.4. The number of rotatable bonds is 16. The van der Waals surface area contributed by atoms with E-state index < -0.39 is 59.9 Å². The van der Waals surface area contributed by atoms with Gasteiger partial charge in [-0.15, -0.1) is 0 Å². The average molecular weight is 616 g/mol. The molecule has 1 aromatic carbocycles. The molecule has 5 N–H and O–H groups in total. The summed E-state index contributed by atoms with van der Waals surface area (Å²) < 4.78 is 6.66. The minimum Gasteiger partial charge on any atom is -0.480 e. The third kappa shape index (κ3) is 11.3. The van der Waals surface area contributed by atoms with Crippen molar-refractivity contribution in [1.82, 2.24) is 25.8 Å². The van der Waals surface area contributed by atoms with Crippen LogP contribution in [-0.4, -0.2) is 76.1 Å². The number of carboxylic acid groups (broad SMARTS) is 1. The van der Waals surface area contributed by atoms with Crippen molar-refractivity contribution in [3.05, 3.63) is 36.0 Å². The van der Waals surface area contributed by atoms with Gasteiger partial charge in [0.05, 0.1) is 11.9 Å². The van der Waals surface area contributed by atoms with E-state index in [1.54, 1.807) is 45.0 Å². The van der Waals surface area contributed by atoms with Crippen LogP contribution in [0.3, 0.4) is 0 Å². The van der Waals surface area contributed by atoms with Gasteiger partial charge in [0.25, 0.3) is 0 Å². The number of amides is 4. The molecule has 0 aliphatic carbocycles. The van der Waals surface area contributed by atoms with Crippen LogP contribution in [0.15, 0.2) is 30.5 Å². The molecule has 3 atom stereocenters. The zero-order valence-electron chi connectivity index (χ0n) is 26.3. The fourth-order valence-corrected chi connectivity index (χ4v) is 4.52. The molecule has 0 aliphatic heterocycles. The summed E-state index contributed by atoms with van der Waals surface area (Å²) in [5.41, 5.74) is 0.310. The van der Waals surface area contributed by atoms with Crippen molar-refractivity contribution < 1.29 is 38.6 Å². The molecule has 242 valence electrons. The minimum absolute atomic E-state index is 0.0267. The van der Waals surface area contributed by atoms with Crippen LogP contribution in [0.25, 0.3) is 10.9 Å². The first-order valence-electron chi connectivity index (χ1n) is 14.8. The number of ether oxygens (including phenoxy) is 1. The molecule has 0 radical (unpaired) electrons. The number of hydrogen-bond donors (Lipinski definition) is 5. The van der Waals surface area contributed by atoms with E-state index in [-0.39, 0.29) is 18.8 Å². The van der Waals surface area contributed by atoms with Crippen molar-refractivity contribution in [3.63, 3.8) is 0 Å². The van der Waals surface area contributed by atoms with Crippen molar-refractivity contribution >= 4 is 47.1 Å². The Morgan fingerprint density at radius 2 is 1.61 bits per heavy atom. The lowest BCUT2D eigenvalue weighted by atomic mass is 10.0. The van der Waals surface area contributed by atoms with E-state index >= 15 is 0 Å². The Morgan fingerprint density at radius 3 is 2.20 bits per heavy atom. The number of nitrogens with one attached hydrogen (secondary N) is 4. The van der Waals surface area contributed by atoms with Crippen LogP contribution < -0.4 is 21.3 Å². The van der Waals surface area contributed by atoms with Crippen molar-refractivity contribution in [1.29, 1.82) is 0 Å². The highest BCUT2D eigenvalue weighted by atomic mass is 16.6. The Labute approximate surface area is 257 Å². The fraction of sp³-hybridized carbons (Fsp3) is 0.548. The van der Waals surface area contributed by atoms with E-state index in [9.17, 15) is 33.9 Å². The number of carbonyl (C=O) groups excluding carboxylic acids is 5. The van der Waals surface area contributed by atoms with E-state index in [4.69, 9.17) is 4.74 Å². The third-order valence-electron chi connectivity index (χ3n) is 6.56. The smallest absolute Gasteiger partial charge is 0.408 e. The summed E-state index contributed by atoms with van der Waals surface area (Å²) in [6.07, 6.45) is 2.48. The molecule has 0 fully saturated rings. The predicted molar refractivity (Wildman–Crippen MR) is 164 cm³/mol. The van der Waals surface area contributed by atoms with Crippen LogP contribution in [-0.2, 0) is 35.1 Å². The number of benzene rings is 1. The largest absolute Gasteiger partial charge is 0.480 e. The van der Waals surface area contributed by atoms with E-state index in [1.807, 2.05) is 20.8 Å². The summed E-state index contributed by atoms with van der Waals surface area (Å²) in [5, 5.41) is 20.7. The lowest BCUT2D eigenvalue weighted by Gasteiger charge is -2.26. The van der Waals surface area contributed by atoms with Gasteiger partial charge in [-0.05, 0) is 51.2 Å². The molecule has 13 heteroatoms. The van der Waals surface area contributed by atoms with Gasteiger partial charge >= 0.3 is 12.1 Å². The van der Waals surface area contributed by atoms with E-state index in [2.05, 4.69) is 21.3 Å². The second-order valence-corrected chi connectivity index (χ2v) is 12.1. The zero-order chi connectivity index (χ0) is 33.0. The predicted octanol–water partition coefficient (Wildman–Crippen LogP) is 2.52. The fourth-order valence-electron chi connectivity index (χ4n) is 4.52. The number of para-hydroxylation sites is 1. The van der Waals surface area contributed by atoms with Gasteiger partial charge in [-0.2, -0.15) is 0 Å². The summed E-state index contributed by atoms with van der Waals surface area (Å²) in [6.45, 7) is 11.1. The summed E-state index contributed by atoms with van der Waals surface area (Å²) in [4.78, 5) is 75.7. The van der Waals surface area contributed by atoms with Crippen molar-refractivity contribution in [2.24, 2.45) is 5.92 Å². The molecule has 13 nitrogen and oxygen atoms in total. The number of carbonyl (C=O) groups is 6. The van der Waals surface area contributed by atoms with Gasteiger partial charge < -0.3 is 31.1 Å². The Hall–Kier alpha value is -4.42. The highest BCUT2D eigenvalue weighted by Gasteiger charge is 2.32. The van der Waals surface area contributed by atoms with Gasteiger partial charge in [-0.1, -0.05) is 45.4 Å². The van der Waals surface area contributed by atoms with Gasteiger partial charge in [0, 0.05) is 24.5 Å².